The van der Waals surface area contributed by atoms with Crippen molar-refractivity contribution in [2.45, 2.75) is 24.7 Å². The lowest BCUT2D eigenvalue weighted by Crippen LogP contribution is -2.26. The van der Waals surface area contributed by atoms with E-state index in [1.807, 2.05) is 11.3 Å². The summed E-state index contributed by atoms with van der Waals surface area (Å²) in [5.41, 5.74) is 21.5. The van der Waals surface area contributed by atoms with Crippen LogP contribution in [0.2, 0.25) is 0 Å². The van der Waals surface area contributed by atoms with Gasteiger partial charge in [-0.2, -0.15) is 0 Å². The fraction of sp³-hybridized carbons (Fsp3) is 0.0645. The molecule has 11 aromatic rings. The molecule has 1 spiro atoms. The van der Waals surface area contributed by atoms with Crippen LogP contribution in [0.3, 0.4) is 0 Å². The number of rotatable bonds is 4. The van der Waals surface area contributed by atoms with Crippen LogP contribution in [0, 0.1) is 0 Å². The Kier molecular flexibility index (Phi) is 7.32. The third-order valence-corrected chi connectivity index (χ3v) is 16.1. The molecule has 10 aromatic carbocycles. The van der Waals surface area contributed by atoms with E-state index in [2.05, 4.69) is 231 Å². The molecule has 1 heterocycles. The monoisotopic (exact) mass is 831 g/mol. The van der Waals surface area contributed by atoms with Crippen LogP contribution in [0.1, 0.15) is 47.2 Å². The van der Waals surface area contributed by atoms with Gasteiger partial charge in [0.05, 0.1) is 21.5 Å². The Balaban J connectivity index is 1.10. The highest BCUT2D eigenvalue weighted by molar-refractivity contribution is 7.27. The van der Waals surface area contributed by atoms with Gasteiger partial charge in [0, 0.05) is 37.7 Å². The molecule has 2 heteroatoms. The van der Waals surface area contributed by atoms with Gasteiger partial charge >= 0.3 is 0 Å². The zero-order valence-electron chi connectivity index (χ0n) is 35.6. The topological polar surface area (TPSA) is 3.24 Å². The van der Waals surface area contributed by atoms with Crippen molar-refractivity contribution in [2.24, 2.45) is 0 Å². The number of thiophene rings is 1. The van der Waals surface area contributed by atoms with Gasteiger partial charge in [-0.05, 0) is 108 Å². The van der Waals surface area contributed by atoms with Crippen molar-refractivity contribution in [2.75, 3.05) is 4.90 Å². The second kappa shape index (κ2) is 13.0. The minimum absolute atomic E-state index is 0.159. The molecule has 0 amide bonds. The molecule has 0 bridgehead atoms. The van der Waals surface area contributed by atoms with Crippen molar-refractivity contribution in [3.05, 3.63) is 246 Å². The average Bonchev–Trinajstić information content (AvgIpc) is 4.05. The van der Waals surface area contributed by atoms with E-state index < -0.39 is 5.41 Å². The van der Waals surface area contributed by atoms with Crippen LogP contribution in [0.15, 0.2) is 212 Å². The highest BCUT2D eigenvalue weighted by Gasteiger charge is 2.52. The van der Waals surface area contributed by atoms with E-state index in [0.717, 1.165) is 5.69 Å². The standard InChI is InChI=1S/C62H41NS/c1-61(2)49-27-12-8-22-42(49)45-35-34-40(37-54(45)61)63(56-33-16-26-47-57-41-21-7-6-20-39(41)36-48(60(57)64-59(47)56)38-18-4-3-5-19-38)55-32-17-31-53-58(55)46-25-11-15-30-52(46)62(53)50-28-13-9-23-43(50)44-24-10-14-29-51(44)62/h3-37H,1-2H3. The molecular formula is C62H41NS. The molecule has 1 nitrogen and oxygen atoms in total. The first-order chi connectivity index (χ1) is 31.5. The van der Waals surface area contributed by atoms with Crippen molar-refractivity contribution in [3.63, 3.8) is 0 Å². The third-order valence-electron chi connectivity index (χ3n) is 14.9. The Morgan fingerprint density at radius 3 is 1.67 bits per heavy atom. The summed E-state index contributed by atoms with van der Waals surface area (Å²) in [4.78, 5) is 2.61. The van der Waals surface area contributed by atoms with E-state index in [1.165, 1.54) is 120 Å². The Hall–Kier alpha value is -7.52. The van der Waals surface area contributed by atoms with Gasteiger partial charge in [-0.15, -0.1) is 11.3 Å². The highest BCUT2D eigenvalue weighted by atomic mass is 32.1. The molecule has 0 N–H and O–H groups in total. The van der Waals surface area contributed by atoms with Crippen LogP contribution < -0.4 is 4.90 Å². The molecule has 64 heavy (non-hydrogen) atoms. The molecule has 0 radical (unpaired) electrons. The summed E-state index contributed by atoms with van der Waals surface area (Å²) >= 11 is 1.93. The average molecular weight is 832 g/mol. The molecule has 0 atom stereocenters. The van der Waals surface area contributed by atoms with Crippen molar-refractivity contribution in [1.82, 2.24) is 0 Å². The Bertz CT molecular complexity index is 3730. The molecule has 3 aliphatic carbocycles. The Morgan fingerprint density at radius 2 is 0.922 bits per heavy atom. The fourth-order valence-electron chi connectivity index (χ4n) is 12.2. The molecule has 1 aromatic heterocycles. The number of benzene rings is 10. The van der Waals surface area contributed by atoms with Gasteiger partial charge in [-0.25, -0.2) is 0 Å². The molecule has 0 saturated carbocycles. The van der Waals surface area contributed by atoms with Crippen molar-refractivity contribution in [3.8, 4) is 44.5 Å². The fourth-order valence-corrected chi connectivity index (χ4v) is 13.5. The first kappa shape index (κ1) is 36.0. The third kappa shape index (κ3) is 4.58. The van der Waals surface area contributed by atoms with Crippen molar-refractivity contribution >= 4 is 59.3 Å². The summed E-state index contributed by atoms with van der Waals surface area (Å²) in [6, 6.07) is 80.1. The van der Waals surface area contributed by atoms with E-state index in [0.29, 0.717) is 0 Å². The normalized spacial score (nSPS) is 14.3. The summed E-state index contributed by atoms with van der Waals surface area (Å²) in [5.74, 6) is 0. The number of anilines is 3. The summed E-state index contributed by atoms with van der Waals surface area (Å²) < 4.78 is 2.60. The molecule has 0 aliphatic heterocycles. The maximum Gasteiger partial charge on any atom is 0.0726 e. The molecule has 14 rings (SSSR count). The predicted molar refractivity (Wildman–Crippen MR) is 271 cm³/mol. The van der Waals surface area contributed by atoms with Crippen LogP contribution in [-0.2, 0) is 10.8 Å². The first-order valence-corrected chi connectivity index (χ1v) is 23.2. The summed E-state index contributed by atoms with van der Waals surface area (Å²) in [6.07, 6.45) is 0. The lowest BCUT2D eigenvalue weighted by atomic mass is 9.70. The van der Waals surface area contributed by atoms with E-state index in [1.54, 1.807) is 0 Å². The maximum absolute atomic E-state index is 2.61. The van der Waals surface area contributed by atoms with Crippen LogP contribution in [-0.4, -0.2) is 0 Å². The van der Waals surface area contributed by atoms with Gasteiger partial charge in [0.1, 0.15) is 0 Å². The quantitative estimate of drug-likeness (QED) is 0.171. The molecule has 0 unspecified atom stereocenters. The minimum atomic E-state index is -0.449. The number of fused-ring (bicyclic) bond motifs is 18. The minimum Gasteiger partial charge on any atom is -0.308 e. The second-order valence-corrected chi connectivity index (χ2v) is 19.3. The maximum atomic E-state index is 2.61. The number of nitrogens with zero attached hydrogens (tertiary/aromatic N) is 1. The SMILES string of the molecule is CC1(C)c2ccccc2-c2ccc(N(c3cccc4c3-c3ccccc3C43c4ccccc4-c4ccccc43)c3cccc4c3sc3c(-c5ccccc5)cc5ccccc5c34)cc21. The van der Waals surface area contributed by atoms with Gasteiger partial charge in [0.15, 0.2) is 0 Å². The van der Waals surface area contributed by atoms with E-state index in [4.69, 9.17) is 0 Å². The number of hydrogen-bond donors (Lipinski definition) is 0. The summed E-state index contributed by atoms with van der Waals surface area (Å²) in [7, 11) is 0. The molecule has 0 saturated heterocycles. The van der Waals surface area contributed by atoms with Gasteiger partial charge in [-0.3, -0.25) is 0 Å². The first-order valence-electron chi connectivity index (χ1n) is 22.4. The van der Waals surface area contributed by atoms with Gasteiger partial charge < -0.3 is 4.90 Å². The van der Waals surface area contributed by atoms with E-state index >= 15 is 0 Å². The van der Waals surface area contributed by atoms with Crippen molar-refractivity contribution < 1.29 is 0 Å². The largest absolute Gasteiger partial charge is 0.308 e. The molecule has 300 valence electrons. The van der Waals surface area contributed by atoms with Crippen LogP contribution in [0.25, 0.3) is 75.5 Å². The summed E-state index contributed by atoms with van der Waals surface area (Å²) in [6.45, 7) is 4.79. The second-order valence-electron chi connectivity index (χ2n) is 18.3. The van der Waals surface area contributed by atoms with Crippen LogP contribution in [0.5, 0.6) is 0 Å². The smallest absolute Gasteiger partial charge is 0.0726 e. The zero-order chi connectivity index (χ0) is 42.3. The van der Waals surface area contributed by atoms with Crippen LogP contribution >= 0.6 is 11.3 Å². The molecular weight excluding hydrogens is 791 g/mol. The van der Waals surface area contributed by atoms with Gasteiger partial charge in [0.2, 0.25) is 0 Å². The Labute approximate surface area is 377 Å². The van der Waals surface area contributed by atoms with Gasteiger partial charge in [-0.1, -0.05) is 196 Å². The molecule has 3 aliphatic rings. The zero-order valence-corrected chi connectivity index (χ0v) is 36.4. The van der Waals surface area contributed by atoms with Gasteiger partial charge in [0.25, 0.3) is 0 Å². The highest BCUT2D eigenvalue weighted by Crippen LogP contribution is 2.65. The Morgan fingerprint density at radius 1 is 0.375 bits per heavy atom. The molecule has 0 fully saturated rings. The van der Waals surface area contributed by atoms with E-state index in [9.17, 15) is 0 Å². The lowest BCUT2D eigenvalue weighted by Gasteiger charge is -2.32. The van der Waals surface area contributed by atoms with Crippen molar-refractivity contribution in [1.29, 1.82) is 0 Å². The number of hydrogen-bond acceptors (Lipinski definition) is 2. The van der Waals surface area contributed by atoms with E-state index in [-0.39, 0.29) is 5.41 Å². The lowest BCUT2D eigenvalue weighted by molar-refractivity contribution is 0.660. The predicted octanol–water partition coefficient (Wildman–Crippen LogP) is 17.0. The summed E-state index contributed by atoms with van der Waals surface area (Å²) in [5, 5.41) is 5.16. The van der Waals surface area contributed by atoms with Crippen LogP contribution in [0.4, 0.5) is 17.1 Å².